The summed E-state index contributed by atoms with van der Waals surface area (Å²) in [6, 6.07) is 5.71. The molecule has 0 saturated carbocycles. The van der Waals surface area contributed by atoms with Crippen molar-refractivity contribution in [1.82, 2.24) is 5.32 Å². The van der Waals surface area contributed by atoms with Crippen molar-refractivity contribution in [2.45, 2.75) is 6.04 Å². The molecule has 0 aliphatic carbocycles. The highest BCUT2D eigenvalue weighted by atomic mass is 16.7. The predicted molar refractivity (Wildman–Crippen MR) is 64.3 cm³/mol. The van der Waals surface area contributed by atoms with Gasteiger partial charge in [0.15, 0.2) is 11.5 Å². The molecule has 0 radical (unpaired) electrons. The van der Waals surface area contributed by atoms with Gasteiger partial charge in [-0.1, -0.05) is 6.07 Å². The Bertz CT molecular complexity index is 494. The van der Waals surface area contributed by atoms with Gasteiger partial charge in [0.1, 0.15) is 0 Å². The number of nitrogens with one attached hydrogen (secondary N) is 1. The van der Waals surface area contributed by atoms with Crippen molar-refractivity contribution in [3.8, 4) is 11.5 Å². The van der Waals surface area contributed by atoms with E-state index in [1.165, 1.54) is 6.08 Å². The average molecular weight is 247 g/mol. The molecule has 5 heteroatoms. The molecule has 94 valence electrons. The summed E-state index contributed by atoms with van der Waals surface area (Å²) in [7, 11) is 0. The van der Waals surface area contributed by atoms with Gasteiger partial charge in [0.05, 0.1) is 19.3 Å². The normalized spacial score (nSPS) is 17.8. The number of fused-ring (bicyclic) bond motifs is 1. The Morgan fingerprint density at radius 2 is 2.11 bits per heavy atom. The second-order valence-electron chi connectivity index (χ2n) is 4.19. The van der Waals surface area contributed by atoms with Crippen molar-refractivity contribution in [2.24, 2.45) is 0 Å². The summed E-state index contributed by atoms with van der Waals surface area (Å²) in [6.45, 7) is 1.46. The molecule has 1 N–H and O–H groups in total. The fraction of sp³-hybridized carbons (Fsp3) is 0.308. The Kier molecular flexibility index (Phi) is 2.90. The van der Waals surface area contributed by atoms with Crippen LogP contribution in [0.3, 0.4) is 0 Å². The van der Waals surface area contributed by atoms with Crippen LogP contribution in [0.2, 0.25) is 0 Å². The van der Waals surface area contributed by atoms with Gasteiger partial charge >= 0.3 is 0 Å². The summed E-state index contributed by atoms with van der Waals surface area (Å²) in [5.41, 5.74) is 0.902. The summed E-state index contributed by atoms with van der Waals surface area (Å²) in [5, 5.41) is 2.83. The summed E-state index contributed by atoms with van der Waals surface area (Å²) < 4.78 is 15.5. The van der Waals surface area contributed by atoms with Gasteiger partial charge < -0.3 is 19.5 Å². The van der Waals surface area contributed by atoms with Crippen LogP contribution in [0.1, 0.15) is 5.56 Å². The number of rotatable bonds is 3. The van der Waals surface area contributed by atoms with Crippen LogP contribution in [0.5, 0.6) is 11.5 Å². The number of benzene rings is 1. The van der Waals surface area contributed by atoms with Gasteiger partial charge in [-0.3, -0.25) is 4.79 Å². The maximum absolute atomic E-state index is 11.5. The standard InChI is InChI=1S/C13H13NO4/c15-13(14-10-6-16-7-10)4-2-9-1-3-11-12(5-9)18-8-17-11/h1-5,10H,6-8H2,(H,14,15). The Morgan fingerprint density at radius 3 is 2.89 bits per heavy atom. The zero-order valence-corrected chi connectivity index (χ0v) is 9.72. The Labute approximate surface area is 104 Å². The molecule has 0 spiro atoms. The van der Waals surface area contributed by atoms with E-state index in [-0.39, 0.29) is 18.7 Å². The molecule has 0 aromatic heterocycles. The molecule has 1 aromatic carbocycles. The SMILES string of the molecule is O=C(C=Cc1ccc2c(c1)OCO2)NC1COC1. The fourth-order valence-corrected chi connectivity index (χ4v) is 1.76. The van der Waals surface area contributed by atoms with Gasteiger partial charge in [-0.25, -0.2) is 0 Å². The zero-order valence-electron chi connectivity index (χ0n) is 9.72. The first-order valence-electron chi connectivity index (χ1n) is 5.77. The average Bonchev–Trinajstić information content (AvgIpc) is 2.78. The van der Waals surface area contributed by atoms with Gasteiger partial charge in [0.2, 0.25) is 12.7 Å². The second-order valence-corrected chi connectivity index (χ2v) is 4.19. The molecule has 5 nitrogen and oxygen atoms in total. The van der Waals surface area contributed by atoms with Crippen LogP contribution in [-0.2, 0) is 9.53 Å². The topological polar surface area (TPSA) is 56.8 Å². The maximum atomic E-state index is 11.5. The van der Waals surface area contributed by atoms with Crippen LogP contribution in [0.4, 0.5) is 0 Å². The summed E-state index contributed by atoms with van der Waals surface area (Å²) in [5.74, 6) is 1.34. The minimum absolute atomic E-state index is 0.110. The van der Waals surface area contributed by atoms with E-state index >= 15 is 0 Å². The lowest BCUT2D eigenvalue weighted by molar-refractivity contribution is -0.120. The second kappa shape index (κ2) is 4.70. The van der Waals surface area contributed by atoms with Crippen LogP contribution < -0.4 is 14.8 Å². The molecule has 2 heterocycles. The molecule has 3 rings (SSSR count). The number of hydrogen-bond donors (Lipinski definition) is 1. The number of ether oxygens (including phenoxy) is 3. The molecule has 2 aliphatic heterocycles. The number of hydrogen-bond acceptors (Lipinski definition) is 4. The van der Waals surface area contributed by atoms with Crippen molar-refractivity contribution in [2.75, 3.05) is 20.0 Å². The van der Waals surface area contributed by atoms with E-state index in [9.17, 15) is 4.79 Å². The lowest BCUT2D eigenvalue weighted by Crippen LogP contribution is -2.48. The van der Waals surface area contributed by atoms with Crippen molar-refractivity contribution >= 4 is 12.0 Å². The van der Waals surface area contributed by atoms with Gasteiger partial charge in [0.25, 0.3) is 0 Å². The van der Waals surface area contributed by atoms with Gasteiger partial charge in [-0.05, 0) is 23.8 Å². The molecule has 18 heavy (non-hydrogen) atoms. The first kappa shape index (κ1) is 11.1. The smallest absolute Gasteiger partial charge is 0.244 e. The van der Waals surface area contributed by atoms with Gasteiger partial charge in [-0.15, -0.1) is 0 Å². The Hall–Kier alpha value is -2.01. The van der Waals surface area contributed by atoms with Crippen LogP contribution in [0.15, 0.2) is 24.3 Å². The summed E-state index contributed by atoms with van der Waals surface area (Å²) >= 11 is 0. The molecule has 0 atom stereocenters. The molecule has 0 unspecified atom stereocenters. The monoisotopic (exact) mass is 247 g/mol. The third-order valence-electron chi connectivity index (χ3n) is 2.81. The zero-order chi connectivity index (χ0) is 12.4. The Balaban J connectivity index is 1.62. The quantitative estimate of drug-likeness (QED) is 0.808. The lowest BCUT2D eigenvalue weighted by Gasteiger charge is -2.26. The van der Waals surface area contributed by atoms with Gasteiger partial charge in [-0.2, -0.15) is 0 Å². The third kappa shape index (κ3) is 2.31. The van der Waals surface area contributed by atoms with Gasteiger partial charge in [0, 0.05) is 6.08 Å². The lowest BCUT2D eigenvalue weighted by atomic mass is 10.2. The fourth-order valence-electron chi connectivity index (χ4n) is 1.76. The van der Waals surface area contributed by atoms with Crippen molar-refractivity contribution in [3.63, 3.8) is 0 Å². The Morgan fingerprint density at radius 1 is 1.28 bits per heavy atom. The molecular weight excluding hydrogens is 234 g/mol. The highest BCUT2D eigenvalue weighted by Gasteiger charge is 2.19. The van der Waals surface area contributed by atoms with E-state index in [1.807, 2.05) is 18.2 Å². The molecule has 1 fully saturated rings. The van der Waals surface area contributed by atoms with E-state index in [1.54, 1.807) is 6.08 Å². The van der Waals surface area contributed by atoms with Crippen molar-refractivity contribution < 1.29 is 19.0 Å². The third-order valence-corrected chi connectivity index (χ3v) is 2.81. The summed E-state index contributed by atoms with van der Waals surface area (Å²) in [4.78, 5) is 11.5. The van der Waals surface area contributed by atoms with E-state index in [4.69, 9.17) is 14.2 Å². The first-order valence-corrected chi connectivity index (χ1v) is 5.77. The van der Waals surface area contributed by atoms with E-state index in [0.717, 1.165) is 11.3 Å². The number of carbonyl (C=O) groups is 1. The maximum Gasteiger partial charge on any atom is 0.244 e. The molecule has 1 aromatic rings. The van der Waals surface area contributed by atoms with Crippen LogP contribution in [-0.4, -0.2) is 32.0 Å². The predicted octanol–water partition coefficient (Wildman–Crippen LogP) is 0.944. The van der Waals surface area contributed by atoms with Crippen LogP contribution in [0, 0.1) is 0 Å². The van der Waals surface area contributed by atoms with Crippen molar-refractivity contribution in [1.29, 1.82) is 0 Å². The number of carbonyl (C=O) groups excluding carboxylic acids is 1. The molecule has 1 amide bonds. The minimum Gasteiger partial charge on any atom is -0.454 e. The molecular formula is C13H13NO4. The van der Waals surface area contributed by atoms with E-state index in [0.29, 0.717) is 19.0 Å². The molecule has 2 aliphatic rings. The minimum atomic E-state index is -0.110. The van der Waals surface area contributed by atoms with E-state index < -0.39 is 0 Å². The summed E-state index contributed by atoms with van der Waals surface area (Å²) in [6.07, 6.45) is 3.26. The number of amides is 1. The molecule has 0 bridgehead atoms. The molecule has 1 saturated heterocycles. The largest absolute Gasteiger partial charge is 0.454 e. The van der Waals surface area contributed by atoms with Crippen LogP contribution in [0.25, 0.3) is 6.08 Å². The highest BCUT2D eigenvalue weighted by molar-refractivity contribution is 5.92. The first-order chi connectivity index (χ1) is 8.81. The van der Waals surface area contributed by atoms with Crippen molar-refractivity contribution in [3.05, 3.63) is 29.8 Å². The van der Waals surface area contributed by atoms with Crippen LogP contribution >= 0.6 is 0 Å². The van der Waals surface area contributed by atoms with E-state index in [2.05, 4.69) is 5.32 Å². The highest BCUT2D eigenvalue weighted by Crippen LogP contribution is 2.32.